The summed E-state index contributed by atoms with van der Waals surface area (Å²) in [7, 11) is 3.66. The van der Waals surface area contributed by atoms with Crippen LogP contribution in [0.15, 0.2) is 21.6 Å². The molecule has 0 fully saturated rings. The largest absolute Gasteiger partial charge is 0.369 e. The SMILES string of the molecule is CN(C)C=Nc1ccc(Br)c(F)n1. The maximum absolute atomic E-state index is 12.9. The molecule has 0 bridgehead atoms. The lowest BCUT2D eigenvalue weighted by Gasteiger charge is -2.01. The molecule has 0 aliphatic carbocycles. The second-order valence-electron chi connectivity index (χ2n) is 2.65. The van der Waals surface area contributed by atoms with Gasteiger partial charge in [0.2, 0.25) is 5.95 Å². The van der Waals surface area contributed by atoms with E-state index in [2.05, 4.69) is 25.9 Å². The predicted octanol–water partition coefficient (Wildman–Crippen LogP) is 2.20. The van der Waals surface area contributed by atoms with Crippen molar-refractivity contribution in [2.45, 2.75) is 0 Å². The Balaban J connectivity index is 2.85. The standard InChI is InChI=1S/C8H9BrFN3/c1-13(2)5-11-7-4-3-6(9)8(10)12-7/h3-5H,1-2H3. The van der Waals surface area contributed by atoms with Crippen molar-refractivity contribution < 1.29 is 4.39 Å². The van der Waals surface area contributed by atoms with Gasteiger partial charge in [0.05, 0.1) is 10.8 Å². The first-order chi connectivity index (χ1) is 6.09. The molecule has 0 aromatic carbocycles. The van der Waals surface area contributed by atoms with Crippen molar-refractivity contribution in [2.75, 3.05) is 14.1 Å². The van der Waals surface area contributed by atoms with Gasteiger partial charge in [-0.1, -0.05) is 0 Å². The molecule has 0 amide bonds. The molecule has 1 aromatic rings. The van der Waals surface area contributed by atoms with Crippen molar-refractivity contribution >= 4 is 28.1 Å². The van der Waals surface area contributed by atoms with Crippen LogP contribution < -0.4 is 0 Å². The van der Waals surface area contributed by atoms with E-state index in [1.54, 1.807) is 23.4 Å². The zero-order chi connectivity index (χ0) is 9.84. The van der Waals surface area contributed by atoms with E-state index in [-0.39, 0.29) is 0 Å². The molecule has 13 heavy (non-hydrogen) atoms. The maximum atomic E-state index is 12.9. The monoisotopic (exact) mass is 245 g/mol. The smallest absolute Gasteiger partial charge is 0.229 e. The fourth-order valence-corrected chi connectivity index (χ4v) is 0.875. The van der Waals surface area contributed by atoms with Crippen molar-refractivity contribution in [2.24, 2.45) is 4.99 Å². The summed E-state index contributed by atoms with van der Waals surface area (Å²) in [6, 6.07) is 3.21. The van der Waals surface area contributed by atoms with Crippen LogP contribution in [0.4, 0.5) is 10.2 Å². The van der Waals surface area contributed by atoms with Crippen LogP contribution in [0.5, 0.6) is 0 Å². The summed E-state index contributed by atoms with van der Waals surface area (Å²) in [5.74, 6) is -0.192. The Labute approximate surface area is 84.4 Å². The number of aromatic nitrogens is 1. The van der Waals surface area contributed by atoms with Gasteiger partial charge in [0.25, 0.3) is 0 Å². The Morgan fingerprint density at radius 2 is 2.23 bits per heavy atom. The summed E-state index contributed by atoms with van der Waals surface area (Å²) in [6.45, 7) is 0. The lowest BCUT2D eigenvalue weighted by Crippen LogP contribution is -2.07. The average molecular weight is 246 g/mol. The Morgan fingerprint density at radius 3 is 2.77 bits per heavy atom. The number of nitrogens with zero attached hydrogens (tertiary/aromatic N) is 3. The highest BCUT2D eigenvalue weighted by molar-refractivity contribution is 9.10. The molecule has 0 unspecified atom stereocenters. The zero-order valence-electron chi connectivity index (χ0n) is 7.33. The Morgan fingerprint density at radius 1 is 1.54 bits per heavy atom. The van der Waals surface area contributed by atoms with Crippen LogP contribution in [-0.4, -0.2) is 30.3 Å². The summed E-state index contributed by atoms with van der Waals surface area (Å²) in [5.41, 5.74) is 0. The van der Waals surface area contributed by atoms with E-state index in [9.17, 15) is 4.39 Å². The highest BCUT2D eigenvalue weighted by Gasteiger charge is 1.99. The molecule has 0 N–H and O–H groups in total. The highest BCUT2D eigenvalue weighted by atomic mass is 79.9. The molecule has 0 spiro atoms. The van der Waals surface area contributed by atoms with Gasteiger partial charge in [0, 0.05) is 14.1 Å². The second kappa shape index (κ2) is 4.32. The van der Waals surface area contributed by atoms with E-state index in [1.807, 2.05) is 14.1 Å². The first-order valence-electron chi connectivity index (χ1n) is 3.62. The molecule has 0 atom stereocenters. The maximum Gasteiger partial charge on any atom is 0.229 e. The van der Waals surface area contributed by atoms with Crippen LogP contribution >= 0.6 is 15.9 Å². The van der Waals surface area contributed by atoms with Crippen LogP contribution in [0.2, 0.25) is 0 Å². The van der Waals surface area contributed by atoms with Gasteiger partial charge in [-0.25, -0.2) is 4.99 Å². The second-order valence-corrected chi connectivity index (χ2v) is 3.50. The van der Waals surface area contributed by atoms with Crippen LogP contribution in [0.3, 0.4) is 0 Å². The Hall–Kier alpha value is -0.970. The molecule has 5 heteroatoms. The average Bonchev–Trinajstić information content (AvgIpc) is 2.07. The minimum Gasteiger partial charge on any atom is -0.369 e. The molecule has 1 aromatic heterocycles. The van der Waals surface area contributed by atoms with Gasteiger partial charge < -0.3 is 4.90 Å². The van der Waals surface area contributed by atoms with E-state index >= 15 is 0 Å². The molecule has 70 valence electrons. The summed E-state index contributed by atoms with van der Waals surface area (Å²) < 4.78 is 13.2. The lowest BCUT2D eigenvalue weighted by atomic mass is 10.5. The van der Waals surface area contributed by atoms with Gasteiger partial charge in [-0.2, -0.15) is 9.37 Å². The van der Waals surface area contributed by atoms with Gasteiger partial charge in [0.1, 0.15) is 0 Å². The van der Waals surface area contributed by atoms with Gasteiger partial charge in [-0.3, -0.25) is 0 Å². The molecular formula is C8H9BrFN3. The van der Waals surface area contributed by atoms with Crippen molar-refractivity contribution in [3.63, 3.8) is 0 Å². The number of rotatable bonds is 2. The quantitative estimate of drug-likeness (QED) is 0.454. The van der Waals surface area contributed by atoms with Crippen LogP contribution in [0.1, 0.15) is 0 Å². The summed E-state index contributed by atoms with van der Waals surface area (Å²) in [5, 5.41) is 0. The number of pyridine rings is 1. The van der Waals surface area contributed by atoms with Crippen LogP contribution in [0, 0.1) is 5.95 Å². The van der Waals surface area contributed by atoms with Crippen LogP contribution in [0.25, 0.3) is 0 Å². The summed E-state index contributed by atoms with van der Waals surface area (Å²) in [4.78, 5) is 9.29. The third-order valence-electron chi connectivity index (χ3n) is 1.21. The van der Waals surface area contributed by atoms with Crippen molar-refractivity contribution in [3.8, 4) is 0 Å². The third kappa shape index (κ3) is 3.10. The lowest BCUT2D eigenvalue weighted by molar-refractivity contribution is 0.577. The number of aliphatic imine (C=N–C) groups is 1. The first kappa shape index (κ1) is 10.1. The van der Waals surface area contributed by atoms with E-state index in [0.717, 1.165) is 0 Å². The Bertz CT molecular complexity index is 325. The van der Waals surface area contributed by atoms with Gasteiger partial charge in [-0.05, 0) is 28.1 Å². The summed E-state index contributed by atoms with van der Waals surface area (Å²) in [6.07, 6.45) is 1.57. The first-order valence-corrected chi connectivity index (χ1v) is 4.41. The van der Waals surface area contributed by atoms with E-state index in [1.165, 1.54) is 0 Å². The number of hydrogen-bond acceptors (Lipinski definition) is 2. The van der Waals surface area contributed by atoms with Crippen molar-refractivity contribution in [1.29, 1.82) is 0 Å². The third-order valence-corrected chi connectivity index (χ3v) is 1.80. The fraction of sp³-hybridized carbons (Fsp3) is 0.250. The fourth-order valence-electron chi connectivity index (χ4n) is 0.654. The predicted molar refractivity (Wildman–Crippen MR) is 53.7 cm³/mol. The highest BCUT2D eigenvalue weighted by Crippen LogP contribution is 2.16. The molecule has 0 aliphatic rings. The number of hydrogen-bond donors (Lipinski definition) is 0. The molecule has 0 aliphatic heterocycles. The van der Waals surface area contributed by atoms with Gasteiger partial charge in [-0.15, -0.1) is 0 Å². The van der Waals surface area contributed by atoms with E-state index < -0.39 is 5.95 Å². The minimum atomic E-state index is -0.548. The Kier molecular flexibility index (Phi) is 3.36. The molecule has 0 saturated heterocycles. The number of halogens is 2. The molecule has 1 rings (SSSR count). The van der Waals surface area contributed by atoms with Crippen LogP contribution in [-0.2, 0) is 0 Å². The summed E-state index contributed by atoms with van der Waals surface area (Å²) >= 11 is 3.01. The van der Waals surface area contributed by atoms with Crippen molar-refractivity contribution in [3.05, 3.63) is 22.6 Å². The zero-order valence-corrected chi connectivity index (χ0v) is 8.92. The van der Waals surface area contributed by atoms with E-state index in [4.69, 9.17) is 0 Å². The molecular weight excluding hydrogens is 237 g/mol. The van der Waals surface area contributed by atoms with Crippen molar-refractivity contribution in [1.82, 2.24) is 9.88 Å². The normalized spacial score (nSPS) is 10.8. The van der Waals surface area contributed by atoms with Gasteiger partial charge in [0.15, 0.2) is 5.82 Å². The van der Waals surface area contributed by atoms with Gasteiger partial charge >= 0.3 is 0 Å². The molecule has 0 saturated carbocycles. The molecule has 0 radical (unpaired) electrons. The minimum absolute atomic E-state index is 0.344. The topological polar surface area (TPSA) is 28.5 Å². The molecule has 3 nitrogen and oxygen atoms in total. The van der Waals surface area contributed by atoms with E-state index in [0.29, 0.717) is 10.3 Å². The molecule has 1 heterocycles.